The van der Waals surface area contributed by atoms with E-state index in [0.29, 0.717) is 0 Å². The van der Waals surface area contributed by atoms with Crippen LogP contribution in [0, 0.1) is 0 Å². The van der Waals surface area contributed by atoms with E-state index in [0.717, 1.165) is 5.56 Å². The molecule has 1 heterocycles. The second-order valence-corrected chi connectivity index (χ2v) is 8.02. The van der Waals surface area contributed by atoms with Crippen molar-refractivity contribution in [3.63, 3.8) is 0 Å². The van der Waals surface area contributed by atoms with Crippen molar-refractivity contribution in [2.24, 2.45) is 0 Å². The third kappa shape index (κ3) is 7.06. The lowest BCUT2D eigenvalue weighted by Gasteiger charge is -2.40. The molecule has 9 heteroatoms. The Morgan fingerprint density at radius 2 is 1.73 bits per heavy atom. The largest absolute Gasteiger partial charge is 0.481 e. The number of nitrogens with zero attached hydrogens (tertiary/aromatic N) is 2. The van der Waals surface area contributed by atoms with Gasteiger partial charge in [0.25, 0.3) is 0 Å². The number of carboxylic acid groups (broad SMARTS) is 1. The number of carbonyl (C=O) groups excluding carboxylic acids is 3. The minimum atomic E-state index is -1.07. The fraction of sp³-hybridized carbons (Fsp3) is 0.524. The topological polar surface area (TPSA) is 113 Å². The third-order valence-electron chi connectivity index (χ3n) is 4.41. The minimum Gasteiger partial charge on any atom is -0.481 e. The number of carboxylic acids is 1. The number of esters is 1. The molecule has 164 valence electrons. The highest BCUT2D eigenvalue weighted by Crippen LogP contribution is 2.18. The third-order valence-corrected chi connectivity index (χ3v) is 4.41. The molecular formula is C21H28N2O7. The molecule has 1 aliphatic heterocycles. The summed E-state index contributed by atoms with van der Waals surface area (Å²) in [5, 5.41) is 8.79. The van der Waals surface area contributed by atoms with Crippen LogP contribution in [0.25, 0.3) is 0 Å². The molecule has 0 aromatic heterocycles. The lowest BCUT2D eigenvalue weighted by Crippen LogP contribution is -2.60. The van der Waals surface area contributed by atoms with Crippen molar-refractivity contribution >= 4 is 23.9 Å². The zero-order valence-electron chi connectivity index (χ0n) is 17.5. The predicted molar refractivity (Wildman–Crippen MR) is 106 cm³/mol. The Morgan fingerprint density at radius 1 is 1.07 bits per heavy atom. The van der Waals surface area contributed by atoms with E-state index in [-0.39, 0.29) is 45.0 Å². The molecule has 0 unspecified atom stereocenters. The normalized spacial score (nSPS) is 16.7. The fourth-order valence-electron chi connectivity index (χ4n) is 2.95. The van der Waals surface area contributed by atoms with Crippen molar-refractivity contribution in [2.45, 2.75) is 51.9 Å². The van der Waals surface area contributed by atoms with Crippen molar-refractivity contribution in [1.29, 1.82) is 0 Å². The van der Waals surface area contributed by atoms with E-state index >= 15 is 0 Å². The number of hydrogen-bond acceptors (Lipinski definition) is 6. The Labute approximate surface area is 175 Å². The van der Waals surface area contributed by atoms with Gasteiger partial charge in [-0.2, -0.15) is 0 Å². The van der Waals surface area contributed by atoms with Gasteiger partial charge in [-0.15, -0.1) is 0 Å². The Balaban J connectivity index is 2.10. The quantitative estimate of drug-likeness (QED) is 0.701. The van der Waals surface area contributed by atoms with Gasteiger partial charge in [0.15, 0.2) is 6.04 Å². The summed E-state index contributed by atoms with van der Waals surface area (Å²) in [6.45, 7) is 5.38. The number of benzene rings is 1. The van der Waals surface area contributed by atoms with Gasteiger partial charge in [0.05, 0.1) is 13.0 Å². The Hall–Kier alpha value is -3.10. The average molecular weight is 420 g/mol. The van der Waals surface area contributed by atoms with Crippen molar-refractivity contribution in [3.8, 4) is 0 Å². The first-order chi connectivity index (χ1) is 14.1. The van der Waals surface area contributed by atoms with Crippen LogP contribution in [0.1, 0.15) is 39.2 Å². The molecule has 1 N–H and O–H groups in total. The van der Waals surface area contributed by atoms with Gasteiger partial charge in [-0.25, -0.2) is 9.59 Å². The molecule has 0 spiro atoms. The molecular weight excluding hydrogens is 392 g/mol. The molecule has 1 saturated heterocycles. The van der Waals surface area contributed by atoms with Gasteiger partial charge in [0, 0.05) is 19.5 Å². The lowest BCUT2D eigenvalue weighted by molar-refractivity contribution is -0.155. The molecule has 1 aromatic rings. The predicted octanol–water partition coefficient (Wildman–Crippen LogP) is 2.04. The van der Waals surface area contributed by atoms with Gasteiger partial charge >= 0.3 is 18.0 Å². The van der Waals surface area contributed by atoms with E-state index in [2.05, 4.69) is 0 Å². The summed E-state index contributed by atoms with van der Waals surface area (Å²) in [4.78, 5) is 51.1. The molecule has 1 aromatic carbocycles. The van der Waals surface area contributed by atoms with E-state index in [1.54, 1.807) is 20.8 Å². The van der Waals surface area contributed by atoms with Crippen molar-refractivity contribution in [2.75, 3.05) is 19.6 Å². The Morgan fingerprint density at radius 3 is 2.33 bits per heavy atom. The molecule has 30 heavy (non-hydrogen) atoms. The Kier molecular flexibility index (Phi) is 7.79. The molecule has 0 aliphatic carbocycles. The number of piperazine rings is 1. The van der Waals surface area contributed by atoms with E-state index in [1.165, 1.54) is 9.80 Å². The number of carbonyl (C=O) groups is 4. The minimum absolute atomic E-state index is 0.0330. The first-order valence-corrected chi connectivity index (χ1v) is 9.76. The number of amides is 2. The maximum atomic E-state index is 12.8. The van der Waals surface area contributed by atoms with Crippen LogP contribution in [-0.2, 0) is 30.5 Å². The zero-order chi connectivity index (χ0) is 22.3. The van der Waals surface area contributed by atoms with Crippen molar-refractivity contribution in [1.82, 2.24) is 9.80 Å². The summed E-state index contributed by atoms with van der Waals surface area (Å²) in [7, 11) is 0. The van der Waals surface area contributed by atoms with Crippen molar-refractivity contribution in [3.05, 3.63) is 35.9 Å². The second kappa shape index (κ2) is 10.1. The van der Waals surface area contributed by atoms with E-state index in [4.69, 9.17) is 14.6 Å². The highest BCUT2D eigenvalue weighted by atomic mass is 16.6. The molecule has 1 fully saturated rings. The molecule has 2 amide bonds. The van der Waals surface area contributed by atoms with Gasteiger partial charge in [-0.3, -0.25) is 14.5 Å². The molecule has 0 radical (unpaired) electrons. The monoisotopic (exact) mass is 420 g/mol. The first-order valence-electron chi connectivity index (χ1n) is 9.76. The van der Waals surface area contributed by atoms with Gasteiger partial charge in [-0.1, -0.05) is 30.3 Å². The van der Waals surface area contributed by atoms with E-state index < -0.39 is 29.7 Å². The van der Waals surface area contributed by atoms with Crippen LogP contribution in [-0.4, -0.2) is 70.1 Å². The second-order valence-electron chi connectivity index (χ2n) is 8.02. The lowest BCUT2D eigenvalue weighted by atomic mass is 10.1. The summed E-state index contributed by atoms with van der Waals surface area (Å²) in [5.41, 5.74) is 0.0455. The smallest absolute Gasteiger partial charge is 0.411 e. The van der Waals surface area contributed by atoms with E-state index in [9.17, 15) is 19.2 Å². The number of rotatable bonds is 6. The number of aliphatic carboxylic acids is 1. The Bertz CT molecular complexity index is 773. The molecule has 1 aliphatic rings. The van der Waals surface area contributed by atoms with Crippen LogP contribution in [0.5, 0.6) is 0 Å². The molecule has 0 saturated carbocycles. The van der Waals surface area contributed by atoms with Gasteiger partial charge < -0.3 is 19.5 Å². The summed E-state index contributed by atoms with van der Waals surface area (Å²) in [6, 6.07) is 8.06. The molecule has 1 atom stereocenters. The maximum Gasteiger partial charge on any atom is 0.411 e. The van der Waals surface area contributed by atoms with Crippen molar-refractivity contribution < 1.29 is 33.8 Å². The fourth-order valence-corrected chi connectivity index (χ4v) is 2.95. The average Bonchev–Trinajstić information content (AvgIpc) is 2.69. The van der Waals surface area contributed by atoms with Crippen LogP contribution in [0.4, 0.5) is 4.79 Å². The number of ether oxygens (including phenoxy) is 2. The standard InChI is InChI=1S/C21H28N2O7/c1-21(2,3)30-20(28)23-12-11-22(17(24)9-10-18(25)26)13-16(23)19(27)29-14-15-7-5-4-6-8-15/h4-8,16H,9-14H2,1-3H3,(H,25,26)/t16-/m0/s1. The van der Waals surface area contributed by atoms with Crippen LogP contribution >= 0.6 is 0 Å². The highest BCUT2D eigenvalue weighted by Gasteiger charge is 2.39. The van der Waals surface area contributed by atoms with Gasteiger partial charge in [0.1, 0.15) is 12.2 Å². The zero-order valence-corrected chi connectivity index (χ0v) is 17.5. The maximum absolute atomic E-state index is 12.8. The molecule has 2 rings (SSSR count). The van der Waals surface area contributed by atoms with Gasteiger partial charge in [-0.05, 0) is 26.3 Å². The van der Waals surface area contributed by atoms with Gasteiger partial charge in [0.2, 0.25) is 5.91 Å². The molecule has 9 nitrogen and oxygen atoms in total. The highest BCUT2D eigenvalue weighted by molar-refractivity contribution is 5.85. The summed E-state index contributed by atoms with van der Waals surface area (Å²) >= 11 is 0. The van der Waals surface area contributed by atoms with Crippen LogP contribution in [0.2, 0.25) is 0 Å². The molecule has 0 bridgehead atoms. The van der Waals surface area contributed by atoms with E-state index in [1.807, 2.05) is 30.3 Å². The summed E-state index contributed by atoms with van der Waals surface area (Å²) < 4.78 is 10.8. The number of hydrogen-bond donors (Lipinski definition) is 1. The summed E-state index contributed by atoms with van der Waals surface area (Å²) in [6.07, 6.45) is -1.14. The SMILES string of the molecule is CC(C)(C)OC(=O)N1CCN(C(=O)CCC(=O)O)C[C@H]1C(=O)OCc1ccccc1. The van der Waals surface area contributed by atoms with Crippen LogP contribution in [0.15, 0.2) is 30.3 Å². The first kappa shape index (κ1) is 23.2. The summed E-state index contributed by atoms with van der Waals surface area (Å²) in [5.74, 6) is -2.11. The van der Waals surface area contributed by atoms with Crippen LogP contribution < -0.4 is 0 Å². The van der Waals surface area contributed by atoms with Crippen LogP contribution in [0.3, 0.4) is 0 Å².